The quantitative estimate of drug-likeness (QED) is 0.528. The molecule has 1 radical (unpaired) electrons. The second kappa shape index (κ2) is 5.44. The normalized spacial score (nSPS) is 14.8. The first-order chi connectivity index (χ1) is 6.17. The summed E-state index contributed by atoms with van der Waals surface area (Å²) >= 11 is 0. The Hall–Kier alpha value is -0.644. The Balaban J connectivity index is 0. The van der Waals surface area contributed by atoms with Gasteiger partial charge in [0, 0.05) is 12.4 Å². The van der Waals surface area contributed by atoms with E-state index in [-0.39, 0.29) is 16.8 Å². The second-order valence-corrected chi connectivity index (χ2v) is 4.39. The summed E-state index contributed by atoms with van der Waals surface area (Å²) in [6, 6.07) is 0. The van der Waals surface area contributed by atoms with E-state index < -0.39 is 39.6 Å². The third-order valence-electron chi connectivity index (χ3n) is 1.87. The van der Waals surface area contributed by atoms with Crippen molar-refractivity contribution in [2.24, 2.45) is 0 Å². The van der Waals surface area contributed by atoms with Gasteiger partial charge in [-0.15, -0.1) is 0 Å². The van der Waals surface area contributed by atoms with Gasteiger partial charge in [-0.25, -0.2) is 0 Å². The molecule has 0 aromatic heterocycles. The summed E-state index contributed by atoms with van der Waals surface area (Å²) in [6.07, 6.45) is -1.97. The maximum atomic E-state index is 10.7. The zero-order chi connectivity index (χ0) is 11.6. The van der Waals surface area contributed by atoms with Gasteiger partial charge in [0.15, 0.2) is 0 Å². The first-order valence-corrected chi connectivity index (χ1v) is 4.99. The van der Waals surface area contributed by atoms with E-state index in [9.17, 15) is 28.2 Å². The first-order valence-electron chi connectivity index (χ1n) is 3.55. The average Bonchev–Trinajstić information content (AvgIpc) is 1.96. The van der Waals surface area contributed by atoms with Gasteiger partial charge in [0.2, 0.25) is 0 Å². The molecule has 89 valence electrons. The molecule has 0 saturated carbocycles. The van der Waals surface area contributed by atoms with Crippen molar-refractivity contribution in [3.63, 3.8) is 0 Å². The number of aliphatic carboxylic acids is 2. The summed E-state index contributed by atoms with van der Waals surface area (Å²) in [7, 11) is -5.05. The van der Waals surface area contributed by atoms with Gasteiger partial charge in [-0.2, -0.15) is 8.42 Å². The number of carbonyl (C=O) groups excluding carboxylic acids is 2. The SMILES string of the molecule is CCC(CC(=O)[O-])(C(=O)[O-])S(=O)(=O)O.[Co+2]. The van der Waals surface area contributed by atoms with E-state index in [1.807, 2.05) is 0 Å². The number of rotatable bonds is 5. The fourth-order valence-corrected chi connectivity index (χ4v) is 1.83. The Morgan fingerprint density at radius 2 is 1.73 bits per heavy atom. The topological polar surface area (TPSA) is 135 Å². The number of carbonyl (C=O) groups is 2. The summed E-state index contributed by atoms with van der Waals surface area (Å²) in [5.74, 6) is -4.06. The van der Waals surface area contributed by atoms with Gasteiger partial charge < -0.3 is 19.8 Å². The van der Waals surface area contributed by atoms with E-state index in [0.717, 1.165) is 6.92 Å². The first kappa shape index (κ1) is 16.8. The molecule has 9 heteroatoms. The summed E-state index contributed by atoms with van der Waals surface area (Å²) in [5.41, 5.74) is 0. The molecule has 0 saturated heterocycles. The van der Waals surface area contributed by atoms with Crippen LogP contribution in [0.4, 0.5) is 0 Å². The molecule has 0 aliphatic carbocycles. The second-order valence-electron chi connectivity index (χ2n) is 2.66. The minimum atomic E-state index is -5.05. The van der Waals surface area contributed by atoms with Crippen LogP contribution in [0.15, 0.2) is 0 Å². The monoisotopic (exact) mass is 283 g/mol. The maximum Gasteiger partial charge on any atom is 2.00 e. The molecule has 1 N–H and O–H groups in total. The molecule has 0 heterocycles. The van der Waals surface area contributed by atoms with E-state index in [0.29, 0.717) is 0 Å². The van der Waals surface area contributed by atoms with Crippen LogP contribution >= 0.6 is 0 Å². The van der Waals surface area contributed by atoms with Crippen LogP contribution in [0, 0.1) is 0 Å². The number of hydrogen-bond acceptors (Lipinski definition) is 6. The van der Waals surface area contributed by atoms with E-state index in [2.05, 4.69) is 0 Å². The van der Waals surface area contributed by atoms with Crippen LogP contribution in [-0.4, -0.2) is 29.7 Å². The van der Waals surface area contributed by atoms with Crippen molar-refractivity contribution in [1.29, 1.82) is 0 Å². The van der Waals surface area contributed by atoms with Gasteiger partial charge in [0.1, 0.15) is 4.75 Å². The third-order valence-corrected chi connectivity index (χ3v) is 3.45. The fraction of sp³-hybridized carbons (Fsp3) is 0.667. The van der Waals surface area contributed by atoms with Crippen LogP contribution in [0.3, 0.4) is 0 Å². The molecule has 7 nitrogen and oxygen atoms in total. The van der Waals surface area contributed by atoms with Crippen molar-refractivity contribution in [3.8, 4) is 0 Å². The van der Waals surface area contributed by atoms with Crippen molar-refractivity contribution < 1.29 is 49.6 Å². The van der Waals surface area contributed by atoms with Gasteiger partial charge in [-0.3, -0.25) is 4.55 Å². The van der Waals surface area contributed by atoms with Crippen molar-refractivity contribution in [1.82, 2.24) is 0 Å². The van der Waals surface area contributed by atoms with E-state index in [1.165, 1.54) is 0 Å². The number of carboxylic acids is 2. The predicted octanol–water partition coefficient (Wildman–Crippen LogP) is -3.09. The van der Waals surface area contributed by atoms with Crippen LogP contribution in [-0.2, 0) is 36.5 Å². The molecule has 0 fully saturated rings. The van der Waals surface area contributed by atoms with E-state index in [4.69, 9.17) is 4.55 Å². The molecule has 1 atom stereocenters. The third kappa shape index (κ3) is 3.45. The molecular formula is C6H8CoO7S. The largest absolute Gasteiger partial charge is 2.00 e. The minimum Gasteiger partial charge on any atom is -0.550 e. The number of carboxylic acid groups (broad SMARTS) is 2. The summed E-state index contributed by atoms with van der Waals surface area (Å²) in [4.78, 5) is 20.6. The van der Waals surface area contributed by atoms with Crippen molar-refractivity contribution in [3.05, 3.63) is 0 Å². The smallest absolute Gasteiger partial charge is 0.550 e. The Bertz CT molecular complexity index is 348. The molecule has 1 unspecified atom stereocenters. The molecule has 0 aliphatic rings. The molecule has 0 spiro atoms. The molecular weight excluding hydrogens is 275 g/mol. The maximum absolute atomic E-state index is 10.7. The van der Waals surface area contributed by atoms with Crippen LogP contribution in [0.1, 0.15) is 19.8 Å². The van der Waals surface area contributed by atoms with Gasteiger partial charge in [-0.05, 0) is 6.42 Å². The minimum absolute atomic E-state index is 0. The van der Waals surface area contributed by atoms with Crippen LogP contribution in [0.25, 0.3) is 0 Å². The van der Waals surface area contributed by atoms with Gasteiger partial charge >= 0.3 is 16.8 Å². The Labute approximate surface area is 96.4 Å². The van der Waals surface area contributed by atoms with Crippen molar-refractivity contribution >= 4 is 22.1 Å². The Morgan fingerprint density at radius 1 is 1.33 bits per heavy atom. The van der Waals surface area contributed by atoms with Gasteiger partial charge in [0.05, 0.1) is 5.97 Å². The van der Waals surface area contributed by atoms with Crippen molar-refractivity contribution in [2.75, 3.05) is 0 Å². The molecule has 0 aliphatic heterocycles. The molecule has 0 bridgehead atoms. The molecule has 0 aromatic carbocycles. The predicted molar refractivity (Wildman–Crippen MR) is 39.2 cm³/mol. The summed E-state index contributed by atoms with van der Waals surface area (Å²) < 4.78 is 27.2. The zero-order valence-corrected chi connectivity index (χ0v) is 9.41. The molecule has 15 heavy (non-hydrogen) atoms. The van der Waals surface area contributed by atoms with Crippen molar-refractivity contribution in [2.45, 2.75) is 24.5 Å². The zero-order valence-electron chi connectivity index (χ0n) is 7.55. The van der Waals surface area contributed by atoms with Crippen LogP contribution in [0.5, 0.6) is 0 Å². The Morgan fingerprint density at radius 3 is 1.80 bits per heavy atom. The fourth-order valence-electron chi connectivity index (χ4n) is 0.954. The molecule has 0 rings (SSSR count). The summed E-state index contributed by atoms with van der Waals surface area (Å²) in [6.45, 7) is 1.10. The summed E-state index contributed by atoms with van der Waals surface area (Å²) in [5, 5.41) is 20.6. The van der Waals surface area contributed by atoms with Crippen LogP contribution in [0.2, 0.25) is 0 Å². The average molecular weight is 283 g/mol. The number of hydrogen-bond donors (Lipinski definition) is 1. The van der Waals surface area contributed by atoms with Gasteiger partial charge in [-0.1, -0.05) is 6.92 Å². The van der Waals surface area contributed by atoms with Crippen LogP contribution < -0.4 is 10.2 Å². The molecule has 0 aromatic rings. The van der Waals surface area contributed by atoms with E-state index >= 15 is 0 Å². The van der Waals surface area contributed by atoms with Gasteiger partial charge in [0.25, 0.3) is 10.1 Å². The Kier molecular flexibility index (Phi) is 6.09. The van der Waals surface area contributed by atoms with E-state index in [1.54, 1.807) is 0 Å². The standard InChI is InChI=1S/C6H10O7S.Co/c1-2-6(5(9)10,3-4(7)8)14(11,12)13;/h2-3H2,1H3,(H,7,8)(H,9,10)(H,11,12,13);/q;+2/p-2. The molecule has 0 amide bonds.